The zero-order valence-corrected chi connectivity index (χ0v) is 10.6. The van der Waals surface area contributed by atoms with Crippen molar-refractivity contribution in [2.75, 3.05) is 12.9 Å². The van der Waals surface area contributed by atoms with Crippen LogP contribution in [0, 0.1) is 5.41 Å². The maximum atomic E-state index is 12.0. The van der Waals surface area contributed by atoms with Gasteiger partial charge in [0.25, 0.3) is 11.8 Å². The highest BCUT2D eigenvalue weighted by atomic mass is 32.2. The van der Waals surface area contributed by atoms with Crippen molar-refractivity contribution in [2.45, 2.75) is 6.42 Å². The van der Waals surface area contributed by atoms with Crippen LogP contribution >= 0.6 is 11.9 Å². The topological polar surface area (TPSA) is 70.5 Å². The Morgan fingerprint density at radius 3 is 2.33 bits per heavy atom. The summed E-state index contributed by atoms with van der Waals surface area (Å²) in [6.07, 6.45) is 0.384. The third-order valence-corrected chi connectivity index (χ3v) is 3.53. The molecule has 1 aliphatic heterocycles. The lowest BCUT2D eigenvalue weighted by molar-refractivity contribution is 0.0777. The molecule has 0 radical (unpaired) electrons. The predicted octanol–water partition coefficient (Wildman–Crippen LogP) is 1.94. The van der Waals surface area contributed by atoms with E-state index in [0.29, 0.717) is 23.3 Å². The zero-order valence-electron chi connectivity index (χ0n) is 9.80. The van der Waals surface area contributed by atoms with Crippen molar-refractivity contribution in [3.63, 3.8) is 0 Å². The van der Waals surface area contributed by atoms with Crippen molar-refractivity contribution in [1.82, 2.24) is 4.31 Å². The summed E-state index contributed by atoms with van der Waals surface area (Å²) in [5.41, 5.74) is 0.883. The van der Waals surface area contributed by atoms with Crippen LogP contribution in [0.15, 0.2) is 24.3 Å². The first-order chi connectivity index (χ1) is 8.65. The van der Waals surface area contributed by atoms with Crippen molar-refractivity contribution >= 4 is 29.7 Å². The molecular formula is C12H12N2O3S. The van der Waals surface area contributed by atoms with Gasteiger partial charge in [-0.2, -0.15) is 0 Å². The van der Waals surface area contributed by atoms with Crippen LogP contribution in [0.2, 0.25) is 0 Å². The van der Waals surface area contributed by atoms with Crippen molar-refractivity contribution in [3.8, 4) is 0 Å². The number of nitrogens with one attached hydrogen (secondary N) is 1. The van der Waals surface area contributed by atoms with Gasteiger partial charge in [0.2, 0.25) is 0 Å². The maximum Gasteiger partial charge on any atom is 0.271 e. The minimum absolute atomic E-state index is 0.138. The van der Waals surface area contributed by atoms with E-state index >= 15 is 0 Å². The molecule has 6 heteroatoms. The molecule has 0 saturated carbocycles. The number of rotatable bonds is 4. The van der Waals surface area contributed by atoms with Crippen LogP contribution in [0.3, 0.4) is 0 Å². The van der Waals surface area contributed by atoms with Gasteiger partial charge in [-0.05, 0) is 24.1 Å². The third kappa shape index (κ3) is 2.24. The molecule has 0 atom stereocenters. The number of carbonyl (C=O) groups is 2. The second-order valence-electron chi connectivity index (χ2n) is 3.66. The molecule has 0 aromatic heterocycles. The quantitative estimate of drug-likeness (QED) is 0.390. The Kier molecular flexibility index (Phi) is 3.66. The summed E-state index contributed by atoms with van der Waals surface area (Å²) in [5, 5.41) is 7.32. The number of hydrogen-bond acceptors (Lipinski definition) is 5. The van der Waals surface area contributed by atoms with E-state index in [4.69, 9.17) is 10.1 Å². The largest absolute Gasteiger partial charge is 0.484 e. The number of hydrogen-bond donors (Lipinski definition) is 1. The predicted molar refractivity (Wildman–Crippen MR) is 68.8 cm³/mol. The second-order valence-corrected chi connectivity index (χ2v) is 4.69. The highest BCUT2D eigenvalue weighted by Gasteiger charge is 2.35. The minimum Gasteiger partial charge on any atom is -0.484 e. The van der Waals surface area contributed by atoms with E-state index in [0.717, 1.165) is 16.3 Å². The number of nitrogens with zero attached hydrogens (tertiary/aromatic N) is 1. The van der Waals surface area contributed by atoms with Gasteiger partial charge in [0.05, 0.1) is 18.2 Å². The molecule has 0 fully saturated rings. The summed E-state index contributed by atoms with van der Waals surface area (Å²) in [4.78, 5) is 23.9. The van der Waals surface area contributed by atoms with Crippen LogP contribution in [-0.2, 0) is 4.74 Å². The summed E-state index contributed by atoms with van der Waals surface area (Å²) in [6, 6.07) is 6.76. The van der Waals surface area contributed by atoms with Crippen LogP contribution < -0.4 is 0 Å². The molecule has 1 aliphatic rings. The van der Waals surface area contributed by atoms with Crippen LogP contribution in [-0.4, -0.2) is 34.9 Å². The Hall–Kier alpha value is -1.82. The third-order valence-electron chi connectivity index (χ3n) is 2.55. The molecule has 1 N–H and O–H groups in total. The molecule has 0 saturated heterocycles. The monoisotopic (exact) mass is 264 g/mol. The average Bonchev–Trinajstić information content (AvgIpc) is 2.64. The molecule has 1 aromatic carbocycles. The Bertz CT molecular complexity index is 481. The van der Waals surface area contributed by atoms with E-state index in [1.807, 2.05) is 0 Å². The maximum absolute atomic E-state index is 12.0. The lowest BCUT2D eigenvalue weighted by Gasteiger charge is -2.11. The van der Waals surface area contributed by atoms with Crippen LogP contribution in [0.4, 0.5) is 0 Å². The van der Waals surface area contributed by atoms with Crippen molar-refractivity contribution < 1.29 is 14.3 Å². The van der Waals surface area contributed by atoms with E-state index in [-0.39, 0.29) is 17.7 Å². The molecule has 1 aromatic rings. The molecular weight excluding hydrogens is 252 g/mol. The van der Waals surface area contributed by atoms with Gasteiger partial charge in [-0.25, -0.2) is 4.31 Å². The van der Waals surface area contributed by atoms with Gasteiger partial charge < -0.3 is 4.74 Å². The highest BCUT2D eigenvalue weighted by molar-refractivity contribution is 7.98. The number of imide groups is 1. The Morgan fingerprint density at radius 1 is 1.28 bits per heavy atom. The summed E-state index contributed by atoms with van der Waals surface area (Å²) in [5.74, 6) is 0.0196. The Labute approximate surface area is 109 Å². The van der Waals surface area contributed by atoms with Gasteiger partial charge in [0.15, 0.2) is 5.90 Å². The van der Waals surface area contributed by atoms with Gasteiger partial charge in [-0.3, -0.25) is 15.0 Å². The molecule has 94 valence electrons. The Balaban J connectivity index is 2.03. The number of carbonyl (C=O) groups excluding carboxylic acids is 2. The molecule has 18 heavy (non-hydrogen) atoms. The fourth-order valence-electron chi connectivity index (χ4n) is 1.62. The van der Waals surface area contributed by atoms with Crippen LogP contribution in [0.1, 0.15) is 27.1 Å². The lowest BCUT2D eigenvalue weighted by Crippen LogP contribution is -2.23. The van der Waals surface area contributed by atoms with Crippen LogP contribution in [0.5, 0.6) is 0 Å². The first-order valence-corrected chi connectivity index (χ1v) is 6.31. The first-order valence-electron chi connectivity index (χ1n) is 5.37. The summed E-state index contributed by atoms with van der Waals surface area (Å²) >= 11 is 1.11. The fourth-order valence-corrected chi connectivity index (χ4v) is 2.51. The van der Waals surface area contributed by atoms with Crippen molar-refractivity contribution in [1.29, 1.82) is 5.41 Å². The number of fused-ring (bicyclic) bond motifs is 1. The smallest absolute Gasteiger partial charge is 0.271 e. The number of amides is 2. The first kappa shape index (κ1) is 12.6. The fraction of sp³-hybridized carbons (Fsp3) is 0.250. The minimum atomic E-state index is -0.287. The molecule has 2 rings (SSSR count). The molecule has 5 nitrogen and oxygen atoms in total. The van der Waals surface area contributed by atoms with Crippen LogP contribution in [0.25, 0.3) is 0 Å². The van der Waals surface area contributed by atoms with E-state index in [2.05, 4.69) is 0 Å². The van der Waals surface area contributed by atoms with Gasteiger partial charge in [-0.1, -0.05) is 12.1 Å². The molecule has 2 amide bonds. The lowest BCUT2D eigenvalue weighted by atomic mass is 10.1. The van der Waals surface area contributed by atoms with Gasteiger partial charge in [-0.15, -0.1) is 0 Å². The van der Waals surface area contributed by atoms with Gasteiger partial charge in [0, 0.05) is 12.2 Å². The normalized spacial score (nSPS) is 13.7. The van der Waals surface area contributed by atoms with Gasteiger partial charge >= 0.3 is 0 Å². The van der Waals surface area contributed by atoms with E-state index in [1.54, 1.807) is 24.3 Å². The van der Waals surface area contributed by atoms with E-state index < -0.39 is 0 Å². The standard InChI is InChI=1S/C12H12N2O3S/c1-17-10(13)6-7-18-14-11(15)8-4-2-3-5-9(8)12(14)16/h2-5,13H,6-7H2,1H3. The summed E-state index contributed by atoms with van der Waals surface area (Å²) in [7, 11) is 1.43. The van der Waals surface area contributed by atoms with E-state index in [9.17, 15) is 9.59 Å². The number of benzene rings is 1. The Morgan fingerprint density at radius 2 is 1.83 bits per heavy atom. The molecule has 0 bridgehead atoms. The molecule has 0 aliphatic carbocycles. The molecule has 0 unspecified atom stereocenters. The highest BCUT2D eigenvalue weighted by Crippen LogP contribution is 2.28. The summed E-state index contributed by atoms with van der Waals surface area (Å²) in [6.45, 7) is 0. The SMILES string of the molecule is COC(=N)CCSN1C(=O)c2ccccc2C1=O. The average molecular weight is 264 g/mol. The number of ether oxygens (including phenoxy) is 1. The molecule has 1 heterocycles. The molecule has 0 spiro atoms. The second kappa shape index (κ2) is 5.22. The summed E-state index contributed by atoms with van der Waals surface area (Å²) < 4.78 is 5.86. The van der Waals surface area contributed by atoms with Crippen molar-refractivity contribution in [2.24, 2.45) is 0 Å². The number of methoxy groups -OCH3 is 1. The van der Waals surface area contributed by atoms with E-state index in [1.165, 1.54) is 7.11 Å². The van der Waals surface area contributed by atoms with Gasteiger partial charge in [0.1, 0.15) is 0 Å². The zero-order chi connectivity index (χ0) is 13.1. The van der Waals surface area contributed by atoms with Crippen molar-refractivity contribution in [3.05, 3.63) is 35.4 Å².